The fourth-order valence-electron chi connectivity index (χ4n) is 5.39. The minimum atomic E-state index is -4.61. The zero-order chi connectivity index (χ0) is 37.7. The number of esters is 2. The van der Waals surface area contributed by atoms with Gasteiger partial charge in [0, 0.05) is 12.8 Å². The Morgan fingerprint density at radius 1 is 0.569 bits per heavy atom. The van der Waals surface area contributed by atoms with Crippen LogP contribution in [0.15, 0.2) is 24.3 Å². The van der Waals surface area contributed by atoms with Crippen LogP contribution in [0.1, 0.15) is 181 Å². The lowest BCUT2D eigenvalue weighted by molar-refractivity contribution is -0.161. The maximum absolute atomic E-state index is 12.5. The van der Waals surface area contributed by atoms with Gasteiger partial charge in [0.25, 0.3) is 0 Å². The van der Waals surface area contributed by atoms with Gasteiger partial charge in [-0.15, -0.1) is 0 Å². The van der Waals surface area contributed by atoms with Gasteiger partial charge in [-0.2, -0.15) is 0 Å². The molecule has 0 aliphatic heterocycles. The SMILES string of the molecule is CCCCC/C=C\CCCCCCCC(=O)O[C@H](COC(=O)CCCCCCC/C=C\CCCCCCCCC)COP(=O)(O)OC[C@@H](O)CO. The molecule has 10 nitrogen and oxygen atoms in total. The number of hydrogen-bond acceptors (Lipinski definition) is 9. The Labute approximate surface area is 310 Å². The standard InChI is InChI=1S/C40H75O10P/c1-3-5-7-9-11-13-15-17-18-19-20-22-23-25-27-29-31-39(43)47-35-38(36-49-51(45,46)48-34-37(42)33-41)50-40(44)32-30-28-26-24-21-16-14-12-10-8-6-4-2/h12,14,18-19,37-38,41-42H,3-11,13,15-17,20-36H2,1-2H3,(H,45,46)/b14-12-,19-18-/t37-,38+/m0/s1. The Hall–Kier alpha value is -1.55. The monoisotopic (exact) mass is 747 g/mol. The first-order chi connectivity index (χ1) is 24.7. The van der Waals surface area contributed by atoms with Gasteiger partial charge in [-0.05, 0) is 64.2 Å². The van der Waals surface area contributed by atoms with E-state index in [0.717, 1.165) is 70.6 Å². The Kier molecular flexibility index (Phi) is 35.7. The van der Waals surface area contributed by atoms with Gasteiger partial charge in [-0.3, -0.25) is 18.6 Å². The molecular weight excluding hydrogens is 671 g/mol. The minimum absolute atomic E-state index is 0.173. The molecule has 0 bridgehead atoms. The number of rotatable bonds is 38. The molecule has 0 amide bonds. The number of aliphatic hydroxyl groups excluding tert-OH is 2. The van der Waals surface area contributed by atoms with Gasteiger partial charge >= 0.3 is 19.8 Å². The van der Waals surface area contributed by atoms with Gasteiger partial charge < -0.3 is 24.6 Å². The largest absolute Gasteiger partial charge is 0.472 e. The highest BCUT2D eigenvalue weighted by Gasteiger charge is 2.27. The summed E-state index contributed by atoms with van der Waals surface area (Å²) >= 11 is 0. The van der Waals surface area contributed by atoms with E-state index in [0.29, 0.717) is 12.8 Å². The van der Waals surface area contributed by atoms with Crippen LogP contribution in [0.2, 0.25) is 0 Å². The van der Waals surface area contributed by atoms with E-state index in [1.54, 1.807) is 0 Å². The molecule has 0 heterocycles. The van der Waals surface area contributed by atoms with Crippen LogP contribution in [-0.2, 0) is 32.7 Å². The highest BCUT2D eigenvalue weighted by atomic mass is 31.2. The van der Waals surface area contributed by atoms with Crippen LogP contribution >= 0.6 is 7.82 Å². The summed E-state index contributed by atoms with van der Waals surface area (Å²) in [6.07, 6.45) is 34.3. The summed E-state index contributed by atoms with van der Waals surface area (Å²) in [6.45, 7) is 2.33. The van der Waals surface area contributed by atoms with Crippen LogP contribution in [0.4, 0.5) is 0 Å². The number of unbranched alkanes of at least 4 members (excludes halogenated alkanes) is 20. The van der Waals surface area contributed by atoms with Crippen LogP contribution < -0.4 is 0 Å². The van der Waals surface area contributed by atoms with Crippen molar-refractivity contribution >= 4 is 19.8 Å². The number of phosphoric ester groups is 1. The highest BCUT2D eigenvalue weighted by Crippen LogP contribution is 2.43. The number of carbonyl (C=O) groups excluding carboxylic acids is 2. The average Bonchev–Trinajstić information content (AvgIpc) is 3.12. The van der Waals surface area contributed by atoms with Crippen molar-refractivity contribution in [3.05, 3.63) is 24.3 Å². The van der Waals surface area contributed by atoms with Crippen LogP contribution in [0.3, 0.4) is 0 Å². The summed E-state index contributed by atoms with van der Waals surface area (Å²) in [6, 6.07) is 0. The van der Waals surface area contributed by atoms with Crippen molar-refractivity contribution in [2.75, 3.05) is 26.4 Å². The predicted molar refractivity (Wildman–Crippen MR) is 205 cm³/mol. The van der Waals surface area contributed by atoms with Crippen molar-refractivity contribution in [3.8, 4) is 0 Å². The Morgan fingerprint density at radius 2 is 0.961 bits per heavy atom. The lowest BCUT2D eigenvalue weighted by Crippen LogP contribution is -2.29. The second-order valence-corrected chi connectivity index (χ2v) is 15.1. The molecule has 0 saturated heterocycles. The highest BCUT2D eigenvalue weighted by molar-refractivity contribution is 7.47. The lowest BCUT2D eigenvalue weighted by Gasteiger charge is -2.20. The van der Waals surface area contributed by atoms with Crippen molar-refractivity contribution in [3.63, 3.8) is 0 Å². The molecule has 11 heteroatoms. The molecule has 0 aliphatic carbocycles. The number of hydrogen-bond donors (Lipinski definition) is 3. The zero-order valence-electron chi connectivity index (χ0n) is 32.3. The van der Waals surface area contributed by atoms with Crippen molar-refractivity contribution in [2.24, 2.45) is 0 Å². The van der Waals surface area contributed by atoms with Crippen molar-refractivity contribution in [1.29, 1.82) is 0 Å². The first-order valence-electron chi connectivity index (χ1n) is 20.3. The number of ether oxygens (including phenoxy) is 2. The first-order valence-corrected chi connectivity index (χ1v) is 21.8. The van der Waals surface area contributed by atoms with Crippen molar-refractivity contribution < 1.29 is 47.8 Å². The molecular formula is C40H75O10P. The summed E-state index contributed by atoms with van der Waals surface area (Å²) in [5, 5.41) is 18.3. The predicted octanol–water partition coefficient (Wildman–Crippen LogP) is 10.2. The molecule has 0 rings (SSSR count). The third-order valence-electron chi connectivity index (χ3n) is 8.58. The Morgan fingerprint density at radius 3 is 1.45 bits per heavy atom. The average molecular weight is 747 g/mol. The summed E-state index contributed by atoms with van der Waals surface area (Å²) in [4.78, 5) is 34.9. The van der Waals surface area contributed by atoms with E-state index in [9.17, 15) is 24.2 Å². The van der Waals surface area contributed by atoms with Crippen LogP contribution in [0, 0.1) is 0 Å². The maximum Gasteiger partial charge on any atom is 0.472 e. The normalized spacial score (nSPS) is 14.2. The van der Waals surface area contributed by atoms with E-state index in [1.807, 2.05) is 0 Å². The van der Waals surface area contributed by atoms with E-state index < -0.39 is 51.8 Å². The van der Waals surface area contributed by atoms with E-state index in [1.165, 1.54) is 70.6 Å². The lowest BCUT2D eigenvalue weighted by atomic mass is 10.1. The van der Waals surface area contributed by atoms with Crippen molar-refractivity contribution in [2.45, 2.75) is 193 Å². The second-order valence-electron chi connectivity index (χ2n) is 13.7. The van der Waals surface area contributed by atoms with Crippen LogP contribution in [0.25, 0.3) is 0 Å². The molecule has 300 valence electrons. The number of carbonyl (C=O) groups is 2. The zero-order valence-corrected chi connectivity index (χ0v) is 33.2. The van der Waals surface area contributed by atoms with Gasteiger partial charge in [-0.25, -0.2) is 4.57 Å². The topological polar surface area (TPSA) is 149 Å². The number of aliphatic hydroxyl groups is 2. The molecule has 1 unspecified atom stereocenters. The molecule has 3 atom stereocenters. The summed E-state index contributed by atoms with van der Waals surface area (Å²) < 4.78 is 32.6. The van der Waals surface area contributed by atoms with E-state index in [4.69, 9.17) is 19.1 Å². The third kappa shape index (κ3) is 36.6. The molecule has 0 aromatic rings. The summed E-state index contributed by atoms with van der Waals surface area (Å²) in [5.74, 6) is -0.943. The minimum Gasteiger partial charge on any atom is -0.462 e. The number of allylic oxidation sites excluding steroid dienone is 4. The molecule has 0 spiro atoms. The van der Waals surface area contributed by atoms with E-state index >= 15 is 0 Å². The van der Waals surface area contributed by atoms with Crippen molar-refractivity contribution in [1.82, 2.24) is 0 Å². The molecule has 0 radical (unpaired) electrons. The second kappa shape index (κ2) is 36.8. The molecule has 0 aromatic carbocycles. The third-order valence-corrected chi connectivity index (χ3v) is 9.53. The van der Waals surface area contributed by atoms with Crippen LogP contribution in [0.5, 0.6) is 0 Å². The Bertz CT molecular complexity index is 910. The quantitative estimate of drug-likeness (QED) is 0.0241. The molecule has 51 heavy (non-hydrogen) atoms. The smallest absolute Gasteiger partial charge is 0.462 e. The van der Waals surface area contributed by atoms with Gasteiger partial charge in [-0.1, -0.05) is 128 Å². The molecule has 0 fully saturated rings. The van der Waals surface area contributed by atoms with E-state index in [2.05, 4.69) is 42.7 Å². The molecule has 0 aromatic heterocycles. The summed E-state index contributed by atoms with van der Waals surface area (Å²) in [7, 11) is -4.61. The fourth-order valence-corrected chi connectivity index (χ4v) is 6.18. The molecule has 0 aliphatic rings. The van der Waals surface area contributed by atoms with Gasteiger partial charge in [0.1, 0.15) is 12.7 Å². The van der Waals surface area contributed by atoms with E-state index in [-0.39, 0.29) is 19.4 Å². The number of phosphoric acid groups is 1. The van der Waals surface area contributed by atoms with Crippen LogP contribution in [-0.4, -0.2) is 65.7 Å². The fraction of sp³-hybridized carbons (Fsp3) is 0.850. The van der Waals surface area contributed by atoms with Gasteiger partial charge in [0.15, 0.2) is 6.10 Å². The Balaban J connectivity index is 4.33. The first kappa shape index (κ1) is 49.5. The molecule has 3 N–H and O–H groups in total. The van der Waals surface area contributed by atoms with Gasteiger partial charge in [0.2, 0.25) is 0 Å². The molecule has 0 saturated carbocycles. The van der Waals surface area contributed by atoms with Gasteiger partial charge in [0.05, 0.1) is 19.8 Å². The maximum atomic E-state index is 12.5. The summed E-state index contributed by atoms with van der Waals surface area (Å²) in [5.41, 5.74) is 0.